The van der Waals surface area contributed by atoms with Gasteiger partial charge in [-0.1, -0.05) is 19.6 Å². The SMILES string of the molecule is C[Si](C)(C)[C@@H]1CCN[C@H]1C(=O)O. The summed E-state index contributed by atoms with van der Waals surface area (Å²) in [4.78, 5) is 10.8. The second-order valence-corrected chi connectivity index (χ2v) is 10.0. The van der Waals surface area contributed by atoms with Crippen molar-refractivity contribution in [3.05, 3.63) is 0 Å². The van der Waals surface area contributed by atoms with E-state index >= 15 is 0 Å². The Labute approximate surface area is 74.2 Å². The van der Waals surface area contributed by atoms with Crippen LogP contribution < -0.4 is 5.32 Å². The van der Waals surface area contributed by atoms with Crippen LogP contribution in [-0.4, -0.2) is 31.7 Å². The summed E-state index contributed by atoms with van der Waals surface area (Å²) < 4.78 is 0. The lowest BCUT2D eigenvalue weighted by Gasteiger charge is -2.27. The van der Waals surface area contributed by atoms with Gasteiger partial charge in [0.15, 0.2) is 0 Å². The fourth-order valence-electron chi connectivity index (χ4n) is 1.90. The second kappa shape index (κ2) is 3.18. The lowest BCUT2D eigenvalue weighted by atomic mass is 10.2. The Morgan fingerprint density at radius 3 is 2.42 bits per heavy atom. The van der Waals surface area contributed by atoms with E-state index in [0.29, 0.717) is 5.54 Å². The van der Waals surface area contributed by atoms with Crippen molar-refractivity contribution in [2.24, 2.45) is 0 Å². The first kappa shape index (κ1) is 9.73. The summed E-state index contributed by atoms with van der Waals surface area (Å²) in [5.41, 5.74) is 0.398. The lowest BCUT2D eigenvalue weighted by Crippen LogP contribution is -2.42. The first-order chi connectivity index (χ1) is 5.43. The summed E-state index contributed by atoms with van der Waals surface area (Å²) in [6.07, 6.45) is 1.03. The number of carboxylic acid groups (broad SMARTS) is 1. The highest BCUT2D eigenvalue weighted by Crippen LogP contribution is 2.32. The molecule has 0 unspecified atom stereocenters. The van der Waals surface area contributed by atoms with E-state index < -0.39 is 14.0 Å². The van der Waals surface area contributed by atoms with E-state index in [1.54, 1.807) is 0 Å². The molecule has 1 saturated heterocycles. The van der Waals surface area contributed by atoms with Crippen molar-refractivity contribution in [3.8, 4) is 0 Å². The molecule has 1 aliphatic rings. The molecule has 0 aliphatic carbocycles. The van der Waals surface area contributed by atoms with Gasteiger partial charge in [-0.15, -0.1) is 0 Å². The van der Waals surface area contributed by atoms with E-state index in [0.717, 1.165) is 13.0 Å². The first-order valence-corrected chi connectivity index (χ1v) is 7.97. The smallest absolute Gasteiger partial charge is 0.320 e. The normalized spacial score (nSPS) is 30.6. The molecule has 0 aromatic rings. The second-order valence-electron chi connectivity index (χ2n) is 4.53. The maximum atomic E-state index is 10.8. The van der Waals surface area contributed by atoms with E-state index in [1.165, 1.54) is 0 Å². The maximum Gasteiger partial charge on any atom is 0.320 e. The summed E-state index contributed by atoms with van der Waals surface area (Å²) in [5, 5.41) is 12.0. The molecule has 2 N–H and O–H groups in total. The van der Waals surface area contributed by atoms with Crippen molar-refractivity contribution in [3.63, 3.8) is 0 Å². The molecule has 12 heavy (non-hydrogen) atoms. The predicted octanol–water partition coefficient (Wildman–Crippen LogP) is 1.14. The molecule has 1 aliphatic heterocycles. The van der Waals surface area contributed by atoms with E-state index in [-0.39, 0.29) is 6.04 Å². The van der Waals surface area contributed by atoms with Crippen LogP contribution in [0.15, 0.2) is 0 Å². The molecular formula is C8H17NO2Si. The summed E-state index contributed by atoms with van der Waals surface area (Å²) in [6.45, 7) is 7.58. The fourth-order valence-corrected chi connectivity index (χ4v) is 4.17. The molecule has 3 nitrogen and oxygen atoms in total. The van der Waals surface area contributed by atoms with E-state index in [2.05, 4.69) is 25.0 Å². The van der Waals surface area contributed by atoms with Gasteiger partial charge in [0.25, 0.3) is 0 Å². The van der Waals surface area contributed by atoms with Gasteiger partial charge < -0.3 is 10.4 Å². The van der Waals surface area contributed by atoms with Crippen molar-refractivity contribution in [2.75, 3.05) is 6.54 Å². The molecule has 2 atom stereocenters. The molecule has 0 saturated carbocycles. The van der Waals surface area contributed by atoms with Crippen LogP contribution in [-0.2, 0) is 4.79 Å². The maximum absolute atomic E-state index is 10.8. The summed E-state index contributed by atoms with van der Waals surface area (Å²) in [5.74, 6) is -0.681. The number of nitrogens with one attached hydrogen (secondary N) is 1. The van der Waals surface area contributed by atoms with E-state index in [9.17, 15) is 4.79 Å². The minimum absolute atomic E-state index is 0.281. The Morgan fingerprint density at radius 2 is 2.08 bits per heavy atom. The van der Waals surface area contributed by atoms with Crippen LogP contribution >= 0.6 is 0 Å². The molecule has 0 radical (unpaired) electrons. The Balaban J connectivity index is 2.71. The van der Waals surface area contributed by atoms with Crippen molar-refractivity contribution < 1.29 is 9.90 Å². The highest BCUT2D eigenvalue weighted by atomic mass is 28.3. The van der Waals surface area contributed by atoms with Gasteiger partial charge in [-0.3, -0.25) is 4.79 Å². The summed E-state index contributed by atoms with van der Waals surface area (Å²) >= 11 is 0. The molecule has 0 bridgehead atoms. The average molecular weight is 187 g/mol. The van der Waals surface area contributed by atoms with E-state index in [4.69, 9.17) is 5.11 Å². The van der Waals surface area contributed by atoms with Gasteiger partial charge in [0.2, 0.25) is 0 Å². The predicted molar refractivity (Wildman–Crippen MR) is 51.1 cm³/mol. The van der Waals surface area contributed by atoms with Gasteiger partial charge >= 0.3 is 5.97 Å². The molecular weight excluding hydrogens is 170 g/mol. The molecule has 1 fully saturated rings. The zero-order valence-corrected chi connectivity index (χ0v) is 8.92. The zero-order chi connectivity index (χ0) is 9.35. The third-order valence-corrected chi connectivity index (χ3v) is 5.45. The Bertz CT molecular complexity index is 188. The van der Waals surface area contributed by atoms with Crippen LogP contribution in [0.2, 0.25) is 25.2 Å². The van der Waals surface area contributed by atoms with Crippen LogP contribution in [0.4, 0.5) is 0 Å². The molecule has 0 amide bonds. The van der Waals surface area contributed by atoms with Crippen molar-refractivity contribution in [1.82, 2.24) is 5.32 Å². The first-order valence-electron chi connectivity index (χ1n) is 4.39. The topological polar surface area (TPSA) is 49.3 Å². The largest absolute Gasteiger partial charge is 0.480 e. The van der Waals surface area contributed by atoms with E-state index in [1.807, 2.05) is 0 Å². The lowest BCUT2D eigenvalue weighted by molar-refractivity contribution is -0.139. The van der Waals surface area contributed by atoms with Crippen molar-refractivity contribution in [2.45, 2.75) is 37.6 Å². The van der Waals surface area contributed by atoms with Gasteiger partial charge in [-0.25, -0.2) is 0 Å². The highest BCUT2D eigenvalue weighted by Gasteiger charge is 2.40. The van der Waals surface area contributed by atoms with Gasteiger partial charge in [0.1, 0.15) is 6.04 Å². The Hall–Kier alpha value is -0.353. The molecule has 0 aromatic carbocycles. The van der Waals surface area contributed by atoms with Crippen LogP contribution in [0, 0.1) is 0 Å². The standard InChI is InChI=1S/C8H17NO2Si/c1-12(2,3)6-4-5-9-7(6)8(10)11/h6-7,9H,4-5H2,1-3H3,(H,10,11)/t6-,7-/m1/s1. The average Bonchev–Trinajstić information content (AvgIpc) is 2.30. The van der Waals surface area contributed by atoms with Gasteiger partial charge in [-0.05, 0) is 18.5 Å². The molecule has 0 spiro atoms. The quantitative estimate of drug-likeness (QED) is 0.637. The van der Waals surface area contributed by atoms with Crippen molar-refractivity contribution >= 4 is 14.0 Å². The van der Waals surface area contributed by atoms with Crippen LogP contribution in [0.25, 0.3) is 0 Å². The van der Waals surface area contributed by atoms with Gasteiger partial charge in [-0.2, -0.15) is 0 Å². The van der Waals surface area contributed by atoms with Gasteiger partial charge in [0, 0.05) is 8.07 Å². The van der Waals surface area contributed by atoms with Crippen LogP contribution in [0.1, 0.15) is 6.42 Å². The van der Waals surface area contributed by atoms with Crippen LogP contribution in [0.3, 0.4) is 0 Å². The third-order valence-electron chi connectivity index (χ3n) is 2.60. The van der Waals surface area contributed by atoms with Gasteiger partial charge in [0.05, 0.1) is 0 Å². The Morgan fingerprint density at radius 1 is 1.50 bits per heavy atom. The monoisotopic (exact) mass is 187 g/mol. The molecule has 70 valence electrons. The minimum Gasteiger partial charge on any atom is -0.480 e. The van der Waals surface area contributed by atoms with Crippen LogP contribution in [0.5, 0.6) is 0 Å². The number of hydrogen-bond donors (Lipinski definition) is 2. The fraction of sp³-hybridized carbons (Fsp3) is 0.875. The minimum atomic E-state index is -1.29. The summed E-state index contributed by atoms with van der Waals surface area (Å²) in [6, 6.07) is -0.281. The number of carboxylic acids is 1. The third kappa shape index (κ3) is 1.87. The number of aliphatic carboxylic acids is 1. The van der Waals surface area contributed by atoms with Crippen molar-refractivity contribution in [1.29, 1.82) is 0 Å². The summed E-state index contributed by atoms with van der Waals surface area (Å²) in [7, 11) is -1.29. The number of hydrogen-bond acceptors (Lipinski definition) is 2. The highest BCUT2D eigenvalue weighted by molar-refractivity contribution is 6.78. The number of rotatable bonds is 2. The molecule has 1 heterocycles. The molecule has 1 rings (SSSR count). The Kier molecular flexibility index (Phi) is 2.58. The molecule has 0 aromatic heterocycles. The number of carbonyl (C=O) groups is 1. The molecule has 4 heteroatoms. The zero-order valence-electron chi connectivity index (χ0n) is 7.92.